The van der Waals surface area contributed by atoms with Crippen LogP contribution in [0.5, 0.6) is 0 Å². The molecule has 2 N–H and O–H groups in total. The minimum atomic E-state index is 0.573. The Morgan fingerprint density at radius 1 is 1.14 bits per heavy atom. The summed E-state index contributed by atoms with van der Waals surface area (Å²) in [6.45, 7) is 1.21. The second-order valence-corrected chi connectivity index (χ2v) is 4.58. The van der Waals surface area contributed by atoms with Gasteiger partial charge < -0.3 is 10.2 Å². The smallest absolute Gasteiger partial charge is 0.0572 e. The molecule has 3 heteroatoms. The Kier molecular flexibility index (Phi) is 3.79. The van der Waals surface area contributed by atoms with Gasteiger partial charge in [0.2, 0.25) is 0 Å². The first kappa shape index (κ1) is 10.4. The van der Waals surface area contributed by atoms with Crippen molar-refractivity contribution in [1.29, 1.82) is 0 Å². The first-order valence-electron chi connectivity index (χ1n) is 5.93. The normalized spacial score (nSPS) is 38.8. The summed E-state index contributed by atoms with van der Waals surface area (Å²) in [5, 5.41) is 3.62. The van der Waals surface area contributed by atoms with E-state index in [1.165, 1.54) is 45.1 Å². The van der Waals surface area contributed by atoms with Crippen molar-refractivity contribution < 1.29 is 4.84 Å². The van der Waals surface area contributed by atoms with Gasteiger partial charge in [-0.05, 0) is 38.1 Å². The van der Waals surface area contributed by atoms with E-state index in [9.17, 15) is 0 Å². The minimum Gasteiger partial charge on any atom is -0.314 e. The number of rotatable bonds is 3. The van der Waals surface area contributed by atoms with Gasteiger partial charge in [0.25, 0.3) is 0 Å². The molecule has 1 aliphatic heterocycles. The van der Waals surface area contributed by atoms with Gasteiger partial charge in [0.05, 0.1) is 7.11 Å². The maximum Gasteiger partial charge on any atom is 0.0572 e. The summed E-state index contributed by atoms with van der Waals surface area (Å²) in [6, 6.07) is 1.31. The van der Waals surface area contributed by atoms with Gasteiger partial charge in [0.15, 0.2) is 0 Å². The molecule has 3 nitrogen and oxygen atoms in total. The molecule has 0 aromatic heterocycles. The molecule has 2 fully saturated rings. The van der Waals surface area contributed by atoms with Crippen molar-refractivity contribution in [3.63, 3.8) is 0 Å². The molecule has 2 aliphatic rings. The van der Waals surface area contributed by atoms with Crippen molar-refractivity contribution in [3.05, 3.63) is 0 Å². The molecule has 0 aromatic carbocycles. The summed E-state index contributed by atoms with van der Waals surface area (Å²) in [4.78, 5) is 5.09. The summed E-state index contributed by atoms with van der Waals surface area (Å²) in [5.41, 5.74) is 3.17. The molecular formula is C11H22N2O. The average Bonchev–Trinajstić information content (AvgIpc) is 2.72. The quantitative estimate of drug-likeness (QED) is 0.673. The highest BCUT2D eigenvalue weighted by Gasteiger charge is 2.33. The lowest BCUT2D eigenvalue weighted by atomic mass is 9.79. The fraction of sp³-hybridized carbons (Fsp3) is 1.00. The van der Waals surface area contributed by atoms with Gasteiger partial charge in [0, 0.05) is 12.1 Å². The van der Waals surface area contributed by atoms with E-state index in [-0.39, 0.29) is 0 Å². The standard InChI is InChI=1S/C11H22N2O/c1-14-13-11-6-3-2-5-9(11)10-7-4-8-12-10/h9-13H,2-8H2,1H3. The molecule has 1 heterocycles. The molecule has 0 radical (unpaired) electrons. The number of hydrogen-bond donors (Lipinski definition) is 2. The van der Waals surface area contributed by atoms with E-state index in [0.717, 1.165) is 12.0 Å². The van der Waals surface area contributed by atoms with E-state index in [4.69, 9.17) is 4.84 Å². The zero-order chi connectivity index (χ0) is 9.80. The van der Waals surface area contributed by atoms with Crippen LogP contribution in [0.15, 0.2) is 0 Å². The van der Waals surface area contributed by atoms with Gasteiger partial charge in [-0.2, -0.15) is 5.48 Å². The number of nitrogens with one attached hydrogen (secondary N) is 2. The number of hydroxylamine groups is 1. The SMILES string of the molecule is CONC1CCCCC1C1CCCN1. The topological polar surface area (TPSA) is 33.3 Å². The van der Waals surface area contributed by atoms with Crippen molar-refractivity contribution in [2.24, 2.45) is 5.92 Å². The molecular weight excluding hydrogens is 176 g/mol. The van der Waals surface area contributed by atoms with Crippen LogP contribution in [0.1, 0.15) is 38.5 Å². The molecule has 14 heavy (non-hydrogen) atoms. The lowest BCUT2D eigenvalue weighted by Gasteiger charge is -2.35. The van der Waals surface area contributed by atoms with Gasteiger partial charge >= 0.3 is 0 Å². The predicted molar refractivity (Wildman–Crippen MR) is 56.9 cm³/mol. The zero-order valence-electron chi connectivity index (χ0n) is 9.09. The van der Waals surface area contributed by atoms with Crippen LogP contribution in [0, 0.1) is 5.92 Å². The van der Waals surface area contributed by atoms with Crippen molar-refractivity contribution in [3.8, 4) is 0 Å². The van der Waals surface area contributed by atoms with Crippen molar-refractivity contribution in [1.82, 2.24) is 10.8 Å². The lowest BCUT2D eigenvalue weighted by molar-refractivity contribution is 0.0203. The highest BCUT2D eigenvalue weighted by atomic mass is 16.6. The monoisotopic (exact) mass is 198 g/mol. The van der Waals surface area contributed by atoms with Crippen molar-refractivity contribution >= 4 is 0 Å². The van der Waals surface area contributed by atoms with Crippen LogP contribution in [-0.2, 0) is 4.84 Å². The summed E-state index contributed by atoms with van der Waals surface area (Å²) in [5.74, 6) is 0.784. The molecule has 1 saturated heterocycles. The van der Waals surface area contributed by atoms with E-state index >= 15 is 0 Å². The molecule has 1 saturated carbocycles. The van der Waals surface area contributed by atoms with Crippen LogP contribution < -0.4 is 10.8 Å². The third-order valence-corrected chi connectivity index (χ3v) is 3.70. The van der Waals surface area contributed by atoms with Gasteiger partial charge in [-0.15, -0.1) is 0 Å². The van der Waals surface area contributed by atoms with Crippen LogP contribution in [0.2, 0.25) is 0 Å². The van der Waals surface area contributed by atoms with E-state index < -0.39 is 0 Å². The van der Waals surface area contributed by atoms with Gasteiger partial charge in [-0.3, -0.25) is 0 Å². The molecule has 2 rings (SSSR count). The van der Waals surface area contributed by atoms with Crippen LogP contribution in [0.25, 0.3) is 0 Å². The molecule has 82 valence electrons. The fourth-order valence-electron chi connectivity index (χ4n) is 3.02. The second-order valence-electron chi connectivity index (χ2n) is 4.58. The summed E-state index contributed by atoms with van der Waals surface area (Å²) in [7, 11) is 1.73. The third-order valence-electron chi connectivity index (χ3n) is 3.70. The van der Waals surface area contributed by atoms with Crippen molar-refractivity contribution in [2.75, 3.05) is 13.7 Å². The lowest BCUT2D eigenvalue weighted by Crippen LogP contribution is -2.46. The summed E-state index contributed by atoms with van der Waals surface area (Å²) in [6.07, 6.45) is 8.08. The van der Waals surface area contributed by atoms with Crippen LogP contribution in [0.3, 0.4) is 0 Å². The van der Waals surface area contributed by atoms with E-state index in [1.54, 1.807) is 7.11 Å². The Morgan fingerprint density at radius 3 is 2.71 bits per heavy atom. The largest absolute Gasteiger partial charge is 0.314 e. The molecule has 0 amide bonds. The Labute approximate surface area is 86.5 Å². The van der Waals surface area contributed by atoms with E-state index in [2.05, 4.69) is 10.8 Å². The van der Waals surface area contributed by atoms with Gasteiger partial charge in [-0.25, -0.2) is 0 Å². The molecule has 0 bridgehead atoms. The van der Waals surface area contributed by atoms with Crippen molar-refractivity contribution in [2.45, 2.75) is 50.6 Å². The summed E-state index contributed by atoms with van der Waals surface area (Å²) < 4.78 is 0. The first-order valence-corrected chi connectivity index (χ1v) is 5.93. The van der Waals surface area contributed by atoms with Gasteiger partial charge in [0.1, 0.15) is 0 Å². The van der Waals surface area contributed by atoms with E-state index in [1.807, 2.05) is 0 Å². The molecule has 0 aromatic rings. The first-order chi connectivity index (χ1) is 6.92. The maximum absolute atomic E-state index is 5.09. The van der Waals surface area contributed by atoms with Crippen LogP contribution in [-0.4, -0.2) is 25.7 Å². The molecule has 1 aliphatic carbocycles. The predicted octanol–water partition coefficient (Wildman–Crippen LogP) is 1.45. The van der Waals surface area contributed by atoms with Crippen LogP contribution >= 0.6 is 0 Å². The van der Waals surface area contributed by atoms with Gasteiger partial charge in [-0.1, -0.05) is 12.8 Å². The minimum absolute atomic E-state index is 0.573. The highest BCUT2D eigenvalue weighted by molar-refractivity contribution is 4.90. The Morgan fingerprint density at radius 2 is 2.00 bits per heavy atom. The maximum atomic E-state index is 5.09. The Hall–Kier alpha value is -0.120. The fourth-order valence-corrected chi connectivity index (χ4v) is 3.02. The average molecular weight is 198 g/mol. The third kappa shape index (κ3) is 2.27. The Bertz CT molecular complexity index is 167. The zero-order valence-corrected chi connectivity index (χ0v) is 9.09. The molecule has 0 spiro atoms. The van der Waals surface area contributed by atoms with E-state index in [0.29, 0.717) is 6.04 Å². The highest BCUT2D eigenvalue weighted by Crippen LogP contribution is 2.30. The summed E-state index contributed by atoms with van der Waals surface area (Å²) >= 11 is 0. The Balaban J connectivity index is 1.91. The number of hydrogen-bond acceptors (Lipinski definition) is 3. The molecule has 3 atom stereocenters. The second kappa shape index (κ2) is 5.10. The van der Waals surface area contributed by atoms with Crippen LogP contribution in [0.4, 0.5) is 0 Å². The molecule has 3 unspecified atom stereocenters.